The Hall–Kier alpha value is -1.84. The number of benzene rings is 1. The fourth-order valence-electron chi connectivity index (χ4n) is 2.24. The highest BCUT2D eigenvalue weighted by Gasteiger charge is 2.25. The Balaban J connectivity index is 2.71. The van der Waals surface area contributed by atoms with E-state index in [-0.39, 0.29) is 17.9 Å². The summed E-state index contributed by atoms with van der Waals surface area (Å²) in [7, 11) is 0. The summed E-state index contributed by atoms with van der Waals surface area (Å²) in [6, 6.07) is 9.71. The molecule has 122 valence electrons. The number of nitrogens with zero attached hydrogens (tertiary/aromatic N) is 1. The maximum Gasteiger partial charge on any atom is 0.242 e. The average Bonchev–Trinajstić information content (AvgIpc) is 2.55. The van der Waals surface area contributed by atoms with Gasteiger partial charge in [-0.1, -0.05) is 44.2 Å². The summed E-state index contributed by atoms with van der Waals surface area (Å²) >= 11 is 0. The van der Waals surface area contributed by atoms with Gasteiger partial charge in [-0.15, -0.1) is 0 Å². The van der Waals surface area contributed by atoms with Crippen molar-refractivity contribution in [3.05, 3.63) is 35.9 Å². The van der Waals surface area contributed by atoms with Gasteiger partial charge in [-0.2, -0.15) is 0 Å². The maximum absolute atomic E-state index is 12.3. The van der Waals surface area contributed by atoms with Crippen LogP contribution in [0.3, 0.4) is 0 Å². The molecule has 1 N–H and O–H groups in total. The van der Waals surface area contributed by atoms with Crippen LogP contribution >= 0.6 is 0 Å². The lowest BCUT2D eigenvalue weighted by atomic mass is 10.1. The SMILES string of the molecule is CCC(=O)N(CCc1ccccc1)[C@H](C)C(=O)N[C@@H](C)CC. The van der Waals surface area contributed by atoms with Crippen molar-refractivity contribution in [2.45, 2.75) is 59.0 Å². The summed E-state index contributed by atoms with van der Waals surface area (Å²) in [5.41, 5.74) is 1.17. The van der Waals surface area contributed by atoms with Gasteiger partial charge < -0.3 is 10.2 Å². The molecule has 0 heterocycles. The van der Waals surface area contributed by atoms with Gasteiger partial charge in [-0.25, -0.2) is 0 Å². The molecule has 0 unspecified atom stereocenters. The molecule has 4 nitrogen and oxygen atoms in total. The first kappa shape index (κ1) is 18.2. The third-order valence-corrected chi connectivity index (χ3v) is 3.95. The number of nitrogens with one attached hydrogen (secondary N) is 1. The number of hydrogen-bond acceptors (Lipinski definition) is 2. The van der Waals surface area contributed by atoms with Gasteiger partial charge >= 0.3 is 0 Å². The minimum absolute atomic E-state index is 0.0164. The van der Waals surface area contributed by atoms with E-state index in [0.717, 1.165) is 12.8 Å². The molecule has 22 heavy (non-hydrogen) atoms. The topological polar surface area (TPSA) is 49.4 Å². The van der Waals surface area contributed by atoms with Gasteiger partial charge in [0, 0.05) is 19.0 Å². The van der Waals surface area contributed by atoms with Crippen LogP contribution < -0.4 is 5.32 Å². The molecule has 0 saturated heterocycles. The van der Waals surface area contributed by atoms with Crippen molar-refractivity contribution in [2.24, 2.45) is 0 Å². The molecule has 0 aromatic heterocycles. The van der Waals surface area contributed by atoms with E-state index >= 15 is 0 Å². The summed E-state index contributed by atoms with van der Waals surface area (Å²) in [5, 5.41) is 2.95. The van der Waals surface area contributed by atoms with Crippen molar-refractivity contribution >= 4 is 11.8 Å². The molecular weight excluding hydrogens is 276 g/mol. The minimum Gasteiger partial charge on any atom is -0.352 e. The second kappa shape index (κ2) is 9.23. The standard InChI is InChI=1S/C18H28N2O2/c1-5-14(3)19-18(22)15(4)20(17(21)6-2)13-12-16-10-8-7-9-11-16/h7-11,14-15H,5-6,12-13H2,1-4H3,(H,19,22)/t14-,15+/m0/s1. The first-order valence-electron chi connectivity index (χ1n) is 8.13. The fourth-order valence-corrected chi connectivity index (χ4v) is 2.24. The largest absolute Gasteiger partial charge is 0.352 e. The summed E-state index contributed by atoms with van der Waals surface area (Å²) in [5.74, 6) is -0.0630. The molecule has 0 aliphatic heterocycles. The summed E-state index contributed by atoms with van der Waals surface area (Å²) in [4.78, 5) is 26.1. The molecule has 2 atom stereocenters. The van der Waals surface area contributed by atoms with Gasteiger partial charge in [-0.3, -0.25) is 9.59 Å². The second-order valence-electron chi connectivity index (χ2n) is 5.67. The van der Waals surface area contributed by atoms with E-state index < -0.39 is 6.04 Å². The van der Waals surface area contributed by atoms with Gasteiger partial charge in [0.25, 0.3) is 0 Å². The van der Waals surface area contributed by atoms with Crippen molar-refractivity contribution in [1.29, 1.82) is 0 Å². The lowest BCUT2D eigenvalue weighted by Gasteiger charge is -2.29. The van der Waals surface area contributed by atoms with E-state index in [9.17, 15) is 9.59 Å². The van der Waals surface area contributed by atoms with Crippen LogP contribution in [0.1, 0.15) is 46.1 Å². The second-order valence-corrected chi connectivity index (χ2v) is 5.67. The Morgan fingerprint density at radius 3 is 2.32 bits per heavy atom. The van der Waals surface area contributed by atoms with Crippen LogP contribution in [-0.2, 0) is 16.0 Å². The normalized spacial score (nSPS) is 13.3. The van der Waals surface area contributed by atoms with Crippen LogP contribution in [-0.4, -0.2) is 35.3 Å². The monoisotopic (exact) mass is 304 g/mol. The summed E-state index contributed by atoms with van der Waals surface area (Å²) in [6.45, 7) is 8.19. The molecule has 2 amide bonds. The van der Waals surface area contributed by atoms with Gasteiger partial charge in [-0.05, 0) is 32.3 Å². The van der Waals surface area contributed by atoms with Crippen LogP contribution in [0.2, 0.25) is 0 Å². The van der Waals surface area contributed by atoms with Crippen LogP contribution in [0.5, 0.6) is 0 Å². The van der Waals surface area contributed by atoms with Crippen LogP contribution in [0, 0.1) is 0 Å². The number of rotatable bonds is 8. The fraction of sp³-hybridized carbons (Fsp3) is 0.556. The van der Waals surface area contributed by atoms with Crippen molar-refractivity contribution in [3.63, 3.8) is 0 Å². The molecule has 0 fully saturated rings. The number of amides is 2. The van der Waals surface area contributed by atoms with Gasteiger partial charge in [0.05, 0.1) is 0 Å². The molecular formula is C18H28N2O2. The van der Waals surface area contributed by atoms with Gasteiger partial charge in [0.2, 0.25) is 11.8 Å². The zero-order valence-electron chi connectivity index (χ0n) is 14.1. The molecule has 0 aliphatic carbocycles. The summed E-state index contributed by atoms with van der Waals surface area (Å²) < 4.78 is 0. The van der Waals surface area contributed by atoms with Crippen molar-refractivity contribution in [3.8, 4) is 0 Å². The van der Waals surface area contributed by atoms with E-state index in [1.54, 1.807) is 11.8 Å². The molecule has 0 saturated carbocycles. The third-order valence-electron chi connectivity index (χ3n) is 3.95. The van der Waals surface area contributed by atoms with E-state index in [1.165, 1.54) is 5.56 Å². The maximum atomic E-state index is 12.3. The van der Waals surface area contributed by atoms with Gasteiger partial charge in [0.15, 0.2) is 0 Å². The van der Waals surface area contributed by atoms with Crippen LogP contribution in [0.25, 0.3) is 0 Å². The van der Waals surface area contributed by atoms with Crippen LogP contribution in [0.15, 0.2) is 30.3 Å². The Bertz CT molecular complexity index is 473. The minimum atomic E-state index is -0.440. The predicted molar refractivity (Wildman–Crippen MR) is 89.5 cm³/mol. The van der Waals surface area contributed by atoms with Crippen molar-refractivity contribution in [1.82, 2.24) is 10.2 Å². The molecule has 0 spiro atoms. The number of hydrogen-bond donors (Lipinski definition) is 1. The lowest BCUT2D eigenvalue weighted by Crippen LogP contribution is -2.50. The van der Waals surface area contributed by atoms with Gasteiger partial charge in [0.1, 0.15) is 6.04 Å². The molecule has 4 heteroatoms. The summed E-state index contributed by atoms with van der Waals surface area (Å²) in [6.07, 6.45) is 2.05. The molecule has 1 aromatic rings. The highest BCUT2D eigenvalue weighted by Crippen LogP contribution is 2.08. The van der Waals surface area contributed by atoms with Crippen molar-refractivity contribution in [2.75, 3.05) is 6.54 Å². The molecule has 0 aliphatic rings. The first-order valence-corrected chi connectivity index (χ1v) is 8.13. The highest BCUT2D eigenvalue weighted by molar-refractivity contribution is 5.87. The zero-order valence-corrected chi connectivity index (χ0v) is 14.1. The smallest absolute Gasteiger partial charge is 0.242 e. The molecule has 1 aromatic carbocycles. The Morgan fingerprint density at radius 2 is 1.77 bits per heavy atom. The van der Waals surface area contributed by atoms with Crippen molar-refractivity contribution < 1.29 is 9.59 Å². The van der Waals surface area contributed by atoms with E-state index in [2.05, 4.69) is 5.32 Å². The number of carbonyl (C=O) groups excluding carboxylic acids is 2. The molecule has 0 bridgehead atoms. The average molecular weight is 304 g/mol. The Labute approximate surface area is 133 Å². The van der Waals surface area contributed by atoms with E-state index in [4.69, 9.17) is 0 Å². The first-order chi connectivity index (χ1) is 10.5. The molecule has 1 rings (SSSR count). The Morgan fingerprint density at radius 1 is 1.14 bits per heavy atom. The van der Waals surface area contributed by atoms with E-state index in [1.807, 2.05) is 51.1 Å². The predicted octanol–water partition coefficient (Wildman–Crippen LogP) is 2.77. The Kier molecular flexibility index (Phi) is 7.64. The lowest BCUT2D eigenvalue weighted by molar-refractivity contribution is -0.139. The number of carbonyl (C=O) groups is 2. The quantitative estimate of drug-likeness (QED) is 0.803. The zero-order chi connectivity index (χ0) is 16.5. The molecule has 0 radical (unpaired) electrons. The highest BCUT2D eigenvalue weighted by atomic mass is 16.2. The van der Waals surface area contributed by atoms with Crippen LogP contribution in [0.4, 0.5) is 0 Å². The third kappa shape index (κ3) is 5.51. The van der Waals surface area contributed by atoms with E-state index in [0.29, 0.717) is 13.0 Å².